The summed E-state index contributed by atoms with van der Waals surface area (Å²) in [4.78, 5) is 23.8. The van der Waals surface area contributed by atoms with Crippen LogP contribution in [0.2, 0.25) is 0 Å². The van der Waals surface area contributed by atoms with Crippen LogP contribution in [-0.2, 0) is 4.79 Å². The lowest BCUT2D eigenvalue weighted by Crippen LogP contribution is -2.32. The van der Waals surface area contributed by atoms with E-state index in [0.717, 1.165) is 12.1 Å². The molecule has 0 radical (unpaired) electrons. The molecule has 5 heteroatoms. The number of anilines is 1. The summed E-state index contributed by atoms with van der Waals surface area (Å²) in [5, 5.41) is 17.9. The van der Waals surface area contributed by atoms with Crippen LogP contribution in [0.15, 0.2) is 24.3 Å². The smallest absolute Gasteiger partial charge is 0.335 e. The first-order valence-electron chi connectivity index (χ1n) is 6.26. The van der Waals surface area contributed by atoms with Crippen molar-refractivity contribution in [3.63, 3.8) is 0 Å². The van der Waals surface area contributed by atoms with Crippen LogP contribution in [0, 0.1) is 5.92 Å². The molecule has 0 saturated carbocycles. The summed E-state index contributed by atoms with van der Waals surface area (Å²) >= 11 is 0. The van der Waals surface area contributed by atoms with E-state index in [4.69, 9.17) is 10.2 Å². The molecule has 1 unspecified atom stereocenters. The van der Waals surface area contributed by atoms with Gasteiger partial charge in [-0.3, -0.25) is 4.79 Å². The number of hydrogen-bond acceptors (Lipinski definition) is 3. The molecule has 0 aliphatic carbocycles. The summed E-state index contributed by atoms with van der Waals surface area (Å²) in [5.74, 6) is -2.33. The third-order valence-electron chi connectivity index (χ3n) is 2.87. The van der Waals surface area contributed by atoms with E-state index < -0.39 is 17.9 Å². The number of rotatable bonds is 7. The van der Waals surface area contributed by atoms with Crippen molar-refractivity contribution in [2.24, 2.45) is 5.92 Å². The molecule has 1 rings (SSSR count). The fourth-order valence-electron chi connectivity index (χ4n) is 1.84. The van der Waals surface area contributed by atoms with Gasteiger partial charge in [-0.25, -0.2) is 4.79 Å². The van der Waals surface area contributed by atoms with Crippen molar-refractivity contribution in [2.45, 2.75) is 20.3 Å². The van der Waals surface area contributed by atoms with E-state index in [1.54, 1.807) is 25.1 Å². The number of aliphatic carboxylic acids is 1. The molecule has 0 saturated heterocycles. The van der Waals surface area contributed by atoms with Gasteiger partial charge in [-0.05, 0) is 24.6 Å². The summed E-state index contributed by atoms with van der Waals surface area (Å²) in [6, 6.07) is 6.58. The van der Waals surface area contributed by atoms with Crippen molar-refractivity contribution in [3.8, 4) is 0 Å². The number of carboxylic acids is 2. The maximum Gasteiger partial charge on any atom is 0.335 e. The van der Waals surface area contributed by atoms with Crippen LogP contribution in [0.5, 0.6) is 0 Å². The summed E-state index contributed by atoms with van der Waals surface area (Å²) in [7, 11) is 0. The van der Waals surface area contributed by atoms with Crippen LogP contribution in [0.4, 0.5) is 5.69 Å². The molecule has 0 heterocycles. The van der Waals surface area contributed by atoms with E-state index in [9.17, 15) is 9.59 Å². The van der Waals surface area contributed by atoms with Crippen molar-refractivity contribution < 1.29 is 19.8 Å². The molecule has 0 spiro atoms. The van der Waals surface area contributed by atoms with Crippen LogP contribution in [0.25, 0.3) is 0 Å². The number of carbonyl (C=O) groups is 2. The second-order valence-electron chi connectivity index (χ2n) is 4.54. The Balaban J connectivity index is 2.95. The Kier molecular flexibility index (Phi) is 5.36. The molecule has 0 aliphatic heterocycles. The Morgan fingerprint density at radius 2 is 2.00 bits per heavy atom. The predicted molar refractivity (Wildman–Crippen MR) is 72.7 cm³/mol. The van der Waals surface area contributed by atoms with Gasteiger partial charge in [0.15, 0.2) is 0 Å². The maximum atomic E-state index is 11.0. The van der Waals surface area contributed by atoms with Crippen LogP contribution in [0.3, 0.4) is 0 Å². The SMILES string of the molecule is CCCN(CC(C)C(=O)O)c1cccc(C(=O)O)c1. The predicted octanol–water partition coefficient (Wildman–Crippen LogP) is 2.32. The third kappa shape index (κ3) is 4.28. The van der Waals surface area contributed by atoms with Gasteiger partial charge in [-0.2, -0.15) is 0 Å². The molecule has 5 nitrogen and oxygen atoms in total. The van der Waals surface area contributed by atoms with Gasteiger partial charge in [-0.15, -0.1) is 0 Å². The average Bonchev–Trinajstić information content (AvgIpc) is 2.38. The monoisotopic (exact) mass is 265 g/mol. The zero-order valence-corrected chi connectivity index (χ0v) is 11.2. The number of aromatic carboxylic acids is 1. The average molecular weight is 265 g/mol. The fourth-order valence-corrected chi connectivity index (χ4v) is 1.84. The van der Waals surface area contributed by atoms with E-state index in [0.29, 0.717) is 13.1 Å². The highest BCUT2D eigenvalue weighted by Gasteiger charge is 2.17. The van der Waals surface area contributed by atoms with Gasteiger partial charge in [0.25, 0.3) is 0 Å². The van der Waals surface area contributed by atoms with E-state index in [-0.39, 0.29) is 5.56 Å². The minimum absolute atomic E-state index is 0.210. The Labute approximate surface area is 112 Å². The summed E-state index contributed by atoms with van der Waals surface area (Å²) in [5.41, 5.74) is 0.955. The van der Waals surface area contributed by atoms with Crippen molar-refractivity contribution in [2.75, 3.05) is 18.0 Å². The lowest BCUT2D eigenvalue weighted by Gasteiger charge is -2.26. The molecular formula is C14H19NO4. The summed E-state index contributed by atoms with van der Waals surface area (Å²) < 4.78 is 0. The number of benzene rings is 1. The standard InChI is InChI=1S/C14H19NO4/c1-3-7-15(9-10(2)13(16)17)12-6-4-5-11(8-12)14(18)19/h4-6,8,10H,3,7,9H2,1-2H3,(H,16,17)(H,18,19). The molecule has 19 heavy (non-hydrogen) atoms. The van der Waals surface area contributed by atoms with Crippen molar-refractivity contribution >= 4 is 17.6 Å². The van der Waals surface area contributed by atoms with E-state index in [1.165, 1.54) is 6.07 Å². The van der Waals surface area contributed by atoms with Crippen molar-refractivity contribution in [3.05, 3.63) is 29.8 Å². The lowest BCUT2D eigenvalue weighted by atomic mass is 10.1. The van der Waals surface area contributed by atoms with Gasteiger partial charge in [-0.1, -0.05) is 19.9 Å². The summed E-state index contributed by atoms with van der Waals surface area (Å²) in [6.45, 7) is 4.71. The van der Waals surface area contributed by atoms with Gasteiger partial charge in [0, 0.05) is 18.8 Å². The minimum atomic E-state index is -0.982. The first-order valence-corrected chi connectivity index (χ1v) is 6.26. The number of carboxylic acid groups (broad SMARTS) is 2. The molecule has 0 fully saturated rings. The molecule has 0 bridgehead atoms. The number of nitrogens with zero attached hydrogens (tertiary/aromatic N) is 1. The highest BCUT2D eigenvalue weighted by molar-refractivity contribution is 5.88. The van der Waals surface area contributed by atoms with Crippen LogP contribution in [0.1, 0.15) is 30.6 Å². The van der Waals surface area contributed by atoms with E-state index in [2.05, 4.69) is 0 Å². The topological polar surface area (TPSA) is 77.8 Å². The highest BCUT2D eigenvalue weighted by Crippen LogP contribution is 2.18. The first kappa shape index (κ1) is 15.0. The number of hydrogen-bond donors (Lipinski definition) is 2. The Morgan fingerprint density at radius 1 is 1.32 bits per heavy atom. The van der Waals surface area contributed by atoms with Gasteiger partial charge in [0.05, 0.1) is 11.5 Å². The van der Waals surface area contributed by atoms with E-state index >= 15 is 0 Å². The van der Waals surface area contributed by atoms with Gasteiger partial charge >= 0.3 is 11.9 Å². The molecule has 0 amide bonds. The quantitative estimate of drug-likeness (QED) is 0.791. The zero-order chi connectivity index (χ0) is 14.4. The van der Waals surface area contributed by atoms with E-state index in [1.807, 2.05) is 11.8 Å². The highest BCUT2D eigenvalue weighted by atomic mass is 16.4. The second-order valence-corrected chi connectivity index (χ2v) is 4.54. The molecule has 1 aromatic rings. The molecule has 1 atom stereocenters. The molecular weight excluding hydrogens is 246 g/mol. The van der Waals surface area contributed by atoms with Crippen molar-refractivity contribution in [1.82, 2.24) is 0 Å². The molecule has 0 aromatic heterocycles. The second kappa shape index (κ2) is 6.78. The Bertz CT molecular complexity index is 459. The van der Waals surface area contributed by atoms with Gasteiger partial charge < -0.3 is 15.1 Å². The third-order valence-corrected chi connectivity index (χ3v) is 2.87. The zero-order valence-electron chi connectivity index (χ0n) is 11.2. The molecule has 0 aliphatic rings. The molecule has 104 valence electrons. The fraction of sp³-hybridized carbons (Fsp3) is 0.429. The largest absolute Gasteiger partial charge is 0.481 e. The Morgan fingerprint density at radius 3 is 2.53 bits per heavy atom. The maximum absolute atomic E-state index is 11.0. The lowest BCUT2D eigenvalue weighted by molar-refractivity contribution is -0.140. The Hall–Kier alpha value is -2.04. The van der Waals surface area contributed by atoms with Crippen LogP contribution >= 0.6 is 0 Å². The molecule has 2 N–H and O–H groups in total. The van der Waals surface area contributed by atoms with Crippen LogP contribution < -0.4 is 4.90 Å². The first-order chi connectivity index (χ1) is 8.95. The van der Waals surface area contributed by atoms with Gasteiger partial charge in [0.2, 0.25) is 0 Å². The summed E-state index contributed by atoms with van der Waals surface area (Å²) in [6.07, 6.45) is 0.865. The van der Waals surface area contributed by atoms with Gasteiger partial charge in [0.1, 0.15) is 0 Å². The molecule has 1 aromatic carbocycles. The van der Waals surface area contributed by atoms with Crippen molar-refractivity contribution in [1.29, 1.82) is 0 Å². The normalized spacial score (nSPS) is 11.9. The minimum Gasteiger partial charge on any atom is -0.481 e. The van der Waals surface area contributed by atoms with Crippen LogP contribution in [-0.4, -0.2) is 35.2 Å².